The number of carbonyl (C=O) groups is 2. The molecule has 1 aromatic carbocycles. The summed E-state index contributed by atoms with van der Waals surface area (Å²) in [5.41, 5.74) is 4.83. The lowest BCUT2D eigenvalue weighted by Crippen LogP contribution is -2.51. The fourth-order valence-corrected chi connectivity index (χ4v) is 5.00. The predicted molar refractivity (Wildman–Crippen MR) is 115 cm³/mol. The second-order valence-corrected chi connectivity index (χ2v) is 11.9. The van der Waals surface area contributed by atoms with Crippen LogP contribution in [-0.4, -0.2) is 49.4 Å². The van der Waals surface area contributed by atoms with Crippen molar-refractivity contribution in [3.63, 3.8) is 0 Å². The van der Waals surface area contributed by atoms with Crippen LogP contribution in [0.4, 0.5) is 13.2 Å². The summed E-state index contributed by atoms with van der Waals surface area (Å²) in [6.45, 7) is 4.39. The number of amides is 2. The first-order valence-corrected chi connectivity index (χ1v) is 12.0. The van der Waals surface area contributed by atoms with Gasteiger partial charge in [-0.2, -0.15) is 13.2 Å². The molecule has 0 unspecified atom stereocenters. The van der Waals surface area contributed by atoms with Gasteiger partial charge in [0.25, 0.3) is 5.91 Å². The third-order valence-corrected chi connectivity index (χ3v) is 8.33. The summed E-state index contributed by atoms with van der Waals surface area (Å²) in [6.07, 6.45) is -3.03. The summed E-state index contributed by atoms with van der Waals surface area (Å²) in [7, 11) is -3.44. The SMILES string of the molecule is CC(C)(C)S(=O)(=O)C[C@@H]1C[C@H](N)CC[C@@H]1NC(=O)CNC(=O)c1cccc(C(F)(F)F)c1. The highest BCUT2D eigenvalue weighted by Gasteiger charge is 2.38. The van der Waals surface area contributed by atoms with Crippen molar-refractivity contribution in [2.75, 3.05) is 12.3 Å². The molecule has 4 N–H and O–H groups in total. The summed E-state index contributed by atoms with van der Waals surface area (Å²) in [5.74, 6) is -1.86. The number of halogens is 3. The average molecular weight is 478 g/mol. The fraction of sp³-hybridized carbons (Fsp3) is 0.619. The molecule has 1 aliphatic rings. The van der Waals surface area contributed by atoms with Crippen LogP contribution in [-0.2, 0) is 20.8 Å². The van der Waals surface area contributed by atoms with E-state index < -0.39 is 50.7 Å². The van der Waals surface area contributed by atoms with Crippen molar-refractivity contribution < 1.29 is 31.2 Å². The van der Waals surface area contributed by atoms with Gasteiger partial charge in [-0.25, -0.2) is 8.42 Å². The molecule has 0 saturated heterocycles. The van der Waals surface area contributed by atoms with Crippen molar-refractivity contribution in [2.24, 2.45) is 11.7 Å². The molecule has 1 aromatic rings. The minimum absolute atomic E-state index is 0.119. The Morgan fingerprint density at radius 1 is 1.16 bits per heavy atom. The van der Waals surface area contributed by atoms with E-state index in [1.165, 1.54) is 6.07 Å². The van der Waals surface area contributed by atoms with Gasteiger partial charge in [0.1, 0.15) is 0 Å². The molecule has 32 heavy (non-hydrogen) atoms. The smallest absolute Gasteiger partial charge is 0.352 e. The van der Waals surface area contributed by atoms with E-state index in [-0.39, 0.29) is 23.3 Å². The van der Waals surface area contributed by atoms with Crippen LogP contribution in [0.25, 0.3) is 0 Å². The highest BCUT2D eigenvalue weighted by molar-refractivity contribution is 7.92. The molecule has 2 rings (SSSR count). The van der Waals surface area contributed by atoms with Gasteiger partial charge in [-0.15, -0.1) is 0 Å². The maximum absolute atomic E-state index is 12.8. The number of benzene rings is 1. The number of nitrogens with two attached hydrogens (primary N) is 1. The first-order valence-electron chi connectivity index (χ1n) is 10.3. The molecule has 7 nitrogen and oxygen atoms in total. The zero-order chi connectivity index (χ0) is 24.3. The van der Waals surface area contributed by atoms with Crippen molar-refractivity contribution in [3.05, 3.63) is 35.4 Å². The third-order valence-electron chi connectivity index (χ3n) is 5.60. The Labute approximate surface area is 186 Å². The van der Waals surface area contributed by atoms with Crippen LogP contribution in [0.1, 0.15) is 56.0 Å². The minimum Gasteiger partial charge on any atom is -0.352 e. The first-order chi connectivity index (χ1) is 14.6. The van der Waals surface area contributed by atoms with Gasteiger partial charge in [0.15, 0.2) is 9.84 Å². The molecule has 2 amide bonds. The quantitative estimate of drug-likeness (QED) is 0.581. The van der Waals surface area contributed by atoms with E-state index in [0.29, 0.717) is 25.3 Å². The second kappa shape index (κ2) is 9.78. The summed E-state index contributed by atoms with van der Waals surface area (Å²) in [6, 6.07) is 3.31. The molecule has 1 aliphatic carbocycles. The average Bonchev–Trinajstić information content (AvgIpc) is 2.66. The second-order valence-electron chi connectivity index (χ2n) is 9.16. The number of alkyl halides is 3. The number of carbonyl (C=O) groups excluding carboxylic acids is 2. The van der Waals surface area contributed by atoms with E-state index in [9.17, 15) is 31.2 Å². The molecular weight excluding hydrogens is 447 g/mol. The minimum atomic E-state index is -4.59. The van der Waals surface area contributed by atoms with Crippen LogP contribution in [0.3, 0.4) is 0 Å². The number of rotatable bonds is 6. The predicted octanol–water partition coefficient (Wildman–Crippen LogP) is 2.26. The molecule has 180 valence electrons. The Balaban J connectivity index is 1.99. The van der Waals surface area contributed by atoms with Crippen LogP contribution in [0.5, 0.6) is 0 Å². The van der Waals surface area contributed by atoms with E-state index in [4.69, 9.17) is 5.73 Å². The van der Waals surface area contributed by atoms with Gasteiger partial charge in [-0.3, -0.25) is 9.59 Å². The topological polar surface area (TPSA) is 118 Å². The molecule has 1 fully saturated rings. The van der Waals surface area contributed by atoms with Gasteiger partial charge in [0.2, 0.25) is 5.91 Å². The lowest BCUT2D eigenvalue weighted by molar-refractivity contribution is -0.137. The van der Waals surface area contributed by atoms with Crippen molar-refractivity contribution in [3.8, 4) is 0 Å². The van der Waals surface area contributed by atoms with Gasteiger partial charge >= 0.3 is 6.18 Å². The van der Waals surface area contributed by atoms with Crippen LogP contribution in [0, 0.1) is 5.92 Å². The summed E-state index contributed by atoms with van der Waals surface area (Å²) in [4.78, 5) is 24.5. The molecule has 1 saturated carbocycles. The summed E-state index contributed by atoms with van der Waals surface area (Å²) < 4.78 is 62.8. The monoisotopic (exact) mass is 477 g/mol. The van der Waals surface area contributed by atoms with Crippen molar-refractivity contribution in [1.82, 2.24) is 10.6 Å². The van der Waals surface area contributed by atoms with Gasteiger partial charge in [0, 0.05) is 17.6 Å². The molecule has 11 heteroatoms. The Kier molecular flexibility index (Phi) is 7.98. The summed E-state index contributed by atoms with van der Waals surface area (Å²) in [5, 5.41) is 5.05. The molecule has 0 radical (unpaired) electrons. The van der Waals surface area contributed by atoms with Crippen LogP contribution < -0.4 is 16.4 Å². The zero-order valence-electron chi connectivity index (χ0n) is 18.3. The normalized spacial score (nSPS) is 22.3. The van der Waals surface area contributed by atoms with Gasteiger partial charge in [-0.05, 0) is 64.2 Å². The Morgan fingerprint density at radius 2 is 1.81 bits per heavy atom. The van der Waals surface area contributed by atoms with Gasteiger partial charge in [0.05, 0.1) is 22.6 Å². The molecular formula is C21H30F3N3O4S. The van der Waals surface area contributed by atoms with Gasteiger partial charge in [-0.1, -0.05) is 6.07 Å². The van der Waals surface area contributed by atoms with Gasteiger partial charge < -0.3 is 16.4 Å². The lowest BCUT2D eigenvalue weighted by atomic mass is 9.83. The van der Waals surface area contributed by atoms with E-state index in [2.05, 4.69) is 10.6 Å². The van der Waals surface area contributed by atoms with Crippen molar-refractivity contribution in [1.29, 1.82) is 0 Å². The van der Waals surface area contributed by atoms with Crippen molar-refractivity contribution in [2.45, 2.75) is 63.0 Å². The lowest BCUT2D eigenvalue weighted by Gasteiger charge is -2.36. The van der Waals surface area contributed by atoms with Crippen molar-refractivity contribution >= 4 is 21.7 Å². The molecule has 3 atom stereocenters. The Bertz CT molecular complexity index is 942. The number of hydrogen-bond donors (Lipinski definition) is 3. The highest BCUT2D eigenvalue weighted by Crippen LogP contribution is 2.30. The largest absolute Gasteiger partial charge is 0.416 e. The molecule has 0 aliphatic heterocycles. The molecule has 0 spiro atoms. The van der Waals surface area contributed by atoms with E-state index in [1.54, 1.807) is 20.8 Å². The number of hydrogen-bond acceptors (Lipinski definition) is 5. The Hall–Kier alpha value is -2.14. The fourth-order valence-electron chi connectivity index (χ4n) is 3.56. The highest BCUT2D eigenvalue weighted by atomic mass is 32.2. The van der Waals surface area contributed by atoms with E-state index >= 15 is 0 Å². The maximum atomic E-state index is 12.8. The first kappa shape index (κ1) is 26.1. The standard InChI is InChI=1S/C21H30F3N3O4S/c1-20(2,3)32(30,31)12-14-10-16(25)7-8-17(14)27-18(28)11-26-19(29)13-5-4-6-15(9-13)21(22,23)24/h4-6,9,14,16-17H,7-8,10-12,25H2,1-3H3,(H,26,29)(H,27,28)/t14-,16+,17-/m0/s1. The Morgan fingerprint density at radius 3 is 2.41 bits per heavy atom. The van der Waals surface area contributed by atoms with E-state index in [0.717, 1.165) is 12.1 Å². The molecule has 0 aromatic heterocycles. The summed E-state index contributed by atoms with van der Waals surface area (Å²) >= 11 is 0. The van der Waals surface area contributed by atoms with E-state index in [1.807, 2.05) is 0 Å². The van der Waals surface area contributed by atoms with Crippen LogP contribution in [0.15, 0.2) is 24.3 Å². The molecule has 0 heterocycles. The maximum Gasteiger partial charge on any atom is 0.416 e. The molecule has 0 bridgehead atoms. The number of nitrogens with one attached hydrogen (secondary N) is 2. The zero-order valence-corrected chi connectivity index (χ0v) is 19.1. The number of sulfone groups is 1. The van der Waals surface area contributed by atoms with Crippen LogP contribution >= 0.6 is 0 Å². The van der Waals surface area contributed by atoms with Crippen LogP contribution in [0.2, 0.25) is 0 Å². The third kappa shape index (κ3) is 6.93.